The number of H-pyrrole nitrogens is 1. The Labute approximate surface area is 196 Å². The highest BCUT2D eigenvalue weighted by molar-refractivity contribution is 9.10. The zero-order valence-electron chi connectivity index (χ0n) is 16.1. The van der Waals surface area contributed by atoms with E-state index in [1.807, 2.05) is 48.5 Å². The van der Waals surface area contributed by atoms with Gasteiger partial charge in [-0.25, -0.2) is 14.2 Å². The van der Waals surface area contributed by atoms with Gasteiger partial charge in [0.1, 0.15) is 18.2 Å². The Hall–Kier alpha value is -2.68. The van der Waals surface area contributed by atoms with Crippen LogP contribution in [-0.4, -0.2) is 14.9 Å². The van der Waals surface area contributed by atoms with Gasteiger partial charge in [-0.15, -0.1) is 0 Å². The number of hydrogen-bond acceptors (Lipinski definition) is 4. The second-order valence-corrected chi connectivity index (χ2v) is 8.37. The lowest BCUT2D eigenvalue weighted by atomic mass is 10.2. The van der Waals surface area contributed by atoms with Crippen molar-refractivity contribution in [3.8, 4) is 17.1 Å². The summed E-state index contributed by atoms with van der Waals surface area (Å²) >= 11 is 15.0. The van der Waals surface area contributed by atoms with Crippen molar-refractivity contribution in [3.63, 3.8) is 0 Å². The number of aromatic nitrogens is 3. The lowest BCUT2D eigenvalue weighted by molar-refractivity contribution is 0.303. The number of ether oxygens (including phenoxy) is 1. The molecule has 0 aliphatic heterocycles. The van der Waals surface area contributed by atoms with Crippen LogP contribution in [0.5, 0.6) is 5.75 Å². The molecule has 31 heavy (non-hydrogen) atoms. The second-order valence-electron chi connectivity index (χ2n) is 6.67. The Morgan fingerprint density at radius 1 is 1.10 bits per heavy atom. The highest BCUT2D eigenvalue weighted by Gasteiger charge is 2.11. The molecule has 1 aromatic heterocycles. The summed E-state index contributed by atoms with van der Waals surface area (Å²) < 4.78 is 22.4. The van der Waals surface area contributed by atoms with Crippen LogP contribution in [0, 0.1) is 10.6 Å². The van der Waals surface area contributed by atoms with Crippen molar-refractivity contribution in [2.75, 3.05) is 5.43 Å². The van der Waals surface area contributed by atoms with E-state index in [1.54, 1.807) is 10.7 Å². The molecule has 4 aromatic rings. The van der Waals surface area contributed by atoms with Crippen molar-refractivity contribution >= 4 is 39.7 Å². The number of aromatic amines is 1. The first-order valence-corrected chi connectivity index (χ1v) is 10.9. The third-order valence-electron chi connectivity index (χ3n) is 4.55. The standard InChI is InChI=1S/C22H17BrClFN4OS/c23-17-7-9-20(30-13-15-6-8-18(25)11-19(15)24)16(10-17)12-26-29-21(27-28-22(29)31)14-4-2-1-3-5-14/h1-11,26H,12-13H2,(H,28,31). The molecule has 1 heterocycles. The lowest BCUT2D eigenvalue weighted by Gasteiger charge is -2.15. The molecule has 0 bridgehead atoms. The fraction of sp³-hybridized carbons (Fsp3) is 0.0909. The van der Waals surface area contributed by atoms with E-state index in [1.165, 1.54) is 12.1 Å². The molecule has 3 aromatic carbocycles. The highest BCUT2D eigenvalue weighted by atomic mass is 79.9. The Morgan fingerprint density at radius 3 is 2.68 bits per heavy atom. The predicted octanol–water partition coefficient (Wildman–Crippen LogP) is 6.49. The third-order valence-corrected chi connectivity index (χ3v) is 5.67. The van der Waals surface area contributed by atoms with Crippen LogP contribution in [0.25, 0.3) is 11.4 Å². The van der Waals surface area contributed by atoms with Gasteiger partial charge in [-0.1, -0.05) is 63.9 Å². The van der Waals surface area contributed by atoms with E-state index in [2.05, 4.69) is 31.6 Å². The summed E-state index contributed by atoms with van der Waals surface area (Å²) in [5.41, 5.74) is 5.83. The van der Waals surface area contributed by atoms with E-state index in [0.717, 1.165) is 15.6 Å². The summed E-state index contributed by atoms with van der Waals surface area (Å²) in [5, 5.41) is 7.48. The molecule has 0 spiro atoms. The van der Waals surface area contributed by atoms with Gasteiger partial charge in [-0.05, 0) is 42.5 Å². The Bertz CT molecular complexity index is 1260. The normalized spacial score (nSPS) is 10.8. The second kappa shape index (κ2) is 9.64. The Kier molecular flexibility index (Phi) is 6.70. The molecule has 0 aliphatic carbocycles. The minimum absolute atomic E-state index is 0.216. The molecule has 0 saturated carbocycles. The Balaban J connectivity index is 1.54. The molecule has 0 unspecified atom stereocenters. The fourth-order valence-corrected chi connectivity index (χ4v) is 3.84. The van der Waals surface area contributed by atoms with E-state index in [4.69, 9.17) is 28.6 Å². The largest absolute Gasteiger partial charge is 0.488 e. The minimum atomic E-state index is -0.381. The monoisotopic (exact) mass is 518 g/mol. The van der Waals surface area contributed by atoms with Crippen molar-refractivity contribution in [2.24, 2.45) is 0 Å². The van der Waals surface area contributed by atoms with Crippen LogP contribution in [-0.2, 0) is 13.2 Å². The van der Waals surface area contributed by atoms with Crippen molar-refractivity contribution in [2.45, 2.75) is 13.2 Å². The number of nitrogens with one attached hydrogen (secondary N) is 2. The molecule has 0 radical (unpaired) electrons. The Morgan fingerprint density at radius 2 is 1.90 bits per heavy atom. The van der Waals surface area contributed by atoms with Crippen molar-refractivity contribution in [1.82, 2.24) is 14.9 Å². The van der Waals surface area contributed by atoms with Crippen LogP contribution in [0.15, 0.2) is 71.2 Å². The molecule has 0 atom stereocenters. The van der Waals surface area contributed by atoms with Gasteiger partial charge >= 0.3 is 0 Å². The molecule has 0 aliphatic rings. The van der Waals surface area contributed by atoms with Gasteiger partial charge in [0.25, 0.3) is 0 Å². The van der Waals surface area contributed by atoms with Crippen molar-refractivity contribution in [3.05, 3.63) is 97.9 Å². The van der Waals surface area contributed by atoms with E-state index in [9.17, 15) is 4.39 Å². The van der Waals surface area contributed by atoms with E-state index in [0.29, 0.717) is 33.5 Å². The molecule has 0 saturated heterocycles. The average Bonchev–Trinajstić information content (AvgIpc) is 3.13. The van der Waals surface area contributed by atoms with Crippen LogP contribution in [0.3, 0.4) is 0 Å². The molecule has 0 amide bonds. The van der Waals surface area contributed by atoms with Gasteiger partial charge in [-0.2, -0.15) is 5.10 Å². The van der Waals surface area contributed by atoms with Crippen LogP contribution >= 0.6 is 39.7 Å². The smallest absolute Gasteiger partial charge is 0.214 e. The summed E-state index contributed by atoms with van der Waals surface area (Å²) in [4.78, 5) is 0. The van der Waals surface area contributed by atoms with Gasteiger partial charge in [0, 0.05) is 21.2 Å². The molecule has 4 rings (SSSR count). The first-order valence-electron chi connectivity index (χ1n) is 9.33. The topological polar surface area (TPSA) is 54.9 Å². The molecular weight excluding hydrogens is 503 g/mol. The molecule has 158 valence electrons. The molecular formula is C22H17BrClFN4OS. The van der Waals surface area contributed by atoms with E-state index in [-0.39, 0.29) is 12.4 Å². The molecule has 0 fully saturated rings. The first kappa shape index (κ1) is 21.5. The van der Waals surface area contributed by atoms with Crippen LogP contribution in [0.4, 0.5) is 4.39 Å². The zero-order chi connectivity index (χ0) is 21.8. The minimum Gasteiger partial charge on any atom is -0.488 e. The molecule has 9 heteroatoms. The fourth-order valence-electron chi connectivity index (χ4n) is 3.01. The van der Waals surface area contributed by atoms with Crippen molar-refractivity contribution in [1.29, 1.82) is 0 Å². The maximum Gasteiger partial charge on any atom is 0.214 e. The average molecular weight is 520 g/mol. The first-order chi connectivity index (χ1) is 15.0. The molecule has 5 nitrogen and oxygen atoms in total. The summed E-state index contributed by atoms with van der Waals surface area (Å²) in [6.45, 7) is 0.647. The molecule has 2 N–H and O–H groups in total. The van der Waals surface area contributed by atoms with E-state index < -0.39 is 0 Å². The van der Waals surface area contributed by atoms with Crippen LogP contribution in [0.2, 0.25) is 5.02 Å². The number of hydrogen-bond donors (Lipinski definition) is 2. The van der Waals surface area contributed by atoms with Gasteiger partial charge in [-0.3, -0.25) is 0 Å². The number of rotatable bonds is 7. The predicted molar refractivity (Wildman–Crippen MR) is 126 cm³/mol. The van der Waals surface area contributed by atoms with Crippen LogP contribution in [0.1, 0.15) is 11.1 Å². The van der Waals surface area contributed by atoms with Gasteiger partial charge in [0.2, 0.25) is 4.77 Å². The van der Waals surface area contributed by atoms with Gasteiger partial charge < -0.3 is 10.2 Å². The zero-order valence-corrected chi connectivity index (χ0v) is 19.3. The third kappa shape index (κ3) is 5.15. The lowest BCUT2D eigenvalue weighted by Crippen LogP contribution is -2.16. The van der Waals surface area contributed by atoms with E-state index >= 15 is 0 Å². The maximum atomic E-state index is 13.3. The number of halogens is 3. The number of nitrogens with zero attached hydrogens (tertiary/aromatic N) is 2. The highest BCUT2D eigenvalue weighted by Crippen LogP contribution is 2.26. The maximum absolute atomic E-state index is 13.3. The quantitative estimate of drug-likeness (QED) is 0.274. The van der Waals surface area contributed by atoms with Gasteiger partial charge in [0.05, 0.1) is 11.6 Å². The summed E-state index contributed by atoms with van der Waals surface area (Å²) in [5.74, 6) is 0.974. The summed E-state index contributed by atoms with van der Waals surface area (Å²) in [6, 6.07) is 19.7. The van der Waals surface area contributed by atoms with Gasteiger partial charge in [0.15, 0.2) is 5.82 Å². The number of benzene rings is 3. The van der Waals surface area contributed by atoms with Crippen LogP contribution < -0.4 is 10.2 Å². The SMILES string of the molecule is Fc1ccc(COc2ccc(Br)cc2CNn2c(-c3ccccc3)n[nH]c2=S)c(Cl)c1. The summed E-state index contributed by atoms with van der Waals surface area (Å²) in [6.07, 6.45) is 0. The van der Waals surface area contributed by atoms with Crippen molar-refractivity contribution < 1.29 is 9.13 Å². The summed E-state index contributed by atoms with van der Waals surface area (Å²) in [7, 11) is 0.